The minimum Gasteiger partial charge on any atom is -0.484 e. The molecule has 0 aliphatic heterocycles. The molecule has 2 rings (SSSR count). The molecule has 0 unspecified atom stereocenters. The van der Waals surface area contributed by atoms with Crippen LogP contribution in [0.15, 0.2) is 47.9 Å². The van der Waals surface area contributed by atoms with Crippen LogP contribution in [0.25, 0.3) is 6.08 Å². The fraction of sp³-hybridized carbons (Fsp3) is 0.167. The van der Waals surface area contributed by atoms with Gasteiger partial charge in [-0.3, -0.25) is 25.8 Å². The SMILES string of the molecule is CCc1ccc(OCC(=O)NNC(=S)NC(=O)/C=C/c2cccs2)cc1. The van der Waals surface area contributed by atoms with E-state index in [0.717, 1.165) is 11.3 Å². The summed E-state index contributed by atoms with van der Waals surface area (Å²) >= 11 is 6.46. The molecule has 0 aliphatic carbocycles. The predicted molar refractivity (Wildman–Crippen MR) is 107 cm³/mol. The Bertz CT molecular complexity index is 771. The molecule has 1 aromatic carbocycles. The van der Waals surface area contributed by atoms with Crippen LogP contribution in [0, 0.1) is 0 Å². The first-order valence-electron chi connectivity index (χ1n) is 7.90. The molecule has 0 spiro atoms. The highest BCUT2D eigenvalue weighted by atomic mass is 32.1. The van der Waals surface area contributed by atoms with Gasteiger partial charge in [-0.2, -0.15) is 0 Å². The number of hydrogen-bond donors (Lipinski definition) is 3. The first-order chi connectivity index (χ1) is 12.6. The largest absolute Gasteiger partial charge is 0.484 e. The molecule has 1 heterocycles. The molecule has 2 amide bonds. The maximum Gasteiger partial charge on any atom is 0.276 e. The fourth-order valence-electron chi connectivity index (χ4n) is 1.86. The fourth-order valence-corrected chi connectivity index (χ4v) is 2.63. The van der Waals surface area contributed by atoms with Crippen molar-refractivity contribution in [3.63, 3.8) is 0 Å². The molecule has 0 saturated carbocycles. The van der Waals surface area contributed by atoms with E-state index in [0.29, 0.717) is 5.75 Å². The maximum atomic E-state index is 11.7. The van der Waals surface area contributed by atoms with Crippen molar-refractivity contribution < 1.29 is 14.3 Å². The summed E-state index contributed by atoms with van der Waals surface area (Å²) in [6.45, 7) is 1.89. The lowest BCUT2D eigenvalue weighted by Crippen LogP contribution is -2.49. The van der Waals surface area contributed by atoms with Crippen molar-refractivity contribution in [2.24, 2.45) is 0 Å². The second-order valence-corrected chi connectivity index (χ2v) is 6.51. The number of amides is 2. The Kier molecular flexibility index (Phi) is 7.78. The van der Waals surface area contributed by atoms with Crippen molar-refractivity contribution in [3.05, 3.63) is 58.3 Å². The average molecular weight is 390 g/mol. The third kappa shape index (κ3) is 7.04. The second kappa shape index (κ2) is 10.3. The molecule has 0 aliphatic rings. The van der Waals surface area contributed by atoms with Crippen LogP contribution in [0.2, 0.25) is 0 Å². The van der Waals surface area contributed by atoms with E-state index in [4.69, 9.17) is 17.0 Å². The van der Waals surface area contributed by atoms with Crippen LogP contribution in [0.5, 0.6) is 5.75 Å². The van der Waals surface area contributed by atoms with Gasteiger partial charge in [-0.15, -0.1) is 11.3 Å². The van der Waals surface area contributed by atoms with Gasteiger partial charge in [-0.05, 0) is 53.9 Å². The monoisotopic (exact) mass is 389 g/mol. The van der Waals surface area contributed by atoms with E-state index in [2.05, 4.69) is 23.1 Å². The van der Waals surface area contributed by atoms with Gasteiger partial charge in [0.25, 0.3) is 5.91 Å². The molecule has 2 aromatic rings. The van der Waals surface area contributed by atoms with Gasteiger partial charge in [0, 0.05) is 11.0 Å². The average Bonchev–Trinajstić information content (AvgIpc) is 3.17. The summed E-state index contributed by atoms with van der Waals surface area (Å²) in [5.74, 6) is -0.209. The van der Waals surface area contributed by atoms with E-state index in [1.165, 1.54) is 23.0 Å². The molecule has 3 N–H and O–H groups in total. The number of carbonyl (C=O) groups is 2. The van der Waals surface area contributed by atoms with Crippen LogP contribution < -0.4 is 20.9 Å². The molecule has 0 saturated heterocycles. The van der Waals surface area contributed by atoms with Gasteiger partial charge in [0.05, 0.1) is 0 Å². The normalized spacial score (nSPS) is 10.3. The van der Waals surface area contributed by atoms with Crippen LogP contribution in [-0.2, 0) is 16.0 Å². The molecular weight excluding hydrogens is 370 g/mol. The topological polar surface area (TPSA) is 79.5 Å². The highest BCUT2D eigenvalue weighted by molar-refractivity contribution is 7.80. The summed E-state index contributed by atoms with van der Waals surface area (Å²) < 4.78 is 5.37. The molecule has 0 atom stereocenters. The number of thiocarbonyl (C=S) groups is 1. The van der Waals surface area contributed by atoms with E-state index in [1.54, 1.807) is 6.08 Å². The number of hydrazine groups is 1. The summed E-state index contributed by atoms with van der Waals surface area (Å²) in [6.07, 6.45) is 3.99. The molecule has 0 radical (unpaired) electrons. The Hall–Kier alpha value is -2.71. The highest BCUT2D eigenvalue weighted by Gasteiger charge is 2.05. The number of hydrogen-bond acceptors (Lipinski definition) is 5. The van der Waals surface area contributed by atoms with E-state index >= 15 is 0 Å². The number of rotatable bonds is 6. The van der Waals surface area contributed by atoms with Gasteiger partial charge < -0.3 is 4.74 Å². The van der Waals surface area contributed by atoms with Gasteiger partial charge in [0.2, 0.25) is 5.91 Å². The molecule has 1 aromatic heterocycles. The second-order valence-electron chi connectivity index (χ2n) is 5.13. The molecule has 0 bridgehead atoms. The van der Waals surface area contributed by atoms with Crippen molar-refractivity contribution in [1.29, 1.82) is 0 Å². The number of benzene rings is 1. The quantitative estimate of drug-likeness (QED) is 0.402. The van der Waals surface area contributed by atoms with Crippen LogP contribution in [-0.4, -0.2) is 23.5 Å². The van der Waals surface area contributed by atoms with Crippen molar-refractivity contribution in [1.82, 2.24) is 16.2 Å². The van der Waals surface area contributed by atoms with Crippen molar-refractivity contribution in [2.75, 3.05) is 6.61 Å². The van der Waals surface area contributed by atoms with E-state index in [1.807, 2.05) is 41.8 Å². The Labute approximate surface area is 161 Å². The van der Waals surface area contributed by atoms with Gasteiger partial charge in [-0.25, -0.2) is 0 Å². The van der Waals surface area contributed by atoms with Gasteiger partial charge >= 0.3 is 0 Å². The number of thiophene rings is 1. The molecule has 8 heteroatoms. The lowest BCUT2D eigenvalue weighted by molar-refractivity contribution is -0.123. The van der Waals surface area contributed by atoms with Crippen molar-refractivity contribution >= 4 is 46.6 Å². The highest BCUT2D eigenvalue weighted by Crippen LogP contribution is 2.12. The summed E-state index contributed by atoms with van der Waals surface area (Å²) in [6, 6.07) is 11.3. The first-order valence-corrected chi connectivity index (χ1v) is 9.18. The standard InChI is InChI=1S/C18H19N3O3S2/c1-2-13-5-7-14(8-6-13)24-12-17(23)20-21-18(25)19-16(22)10-9-15-4-3-11-26-15/h3-11H,2,12H2,1H3,(H,20,23)(H2,19,21,22,25)/b10-9+. The summed E-state index contributed by atoms with van der Waals surface area (Å²) in [5, 5.41) is 4.34. The van der Waals surface area contributed by atoms with E-state index < -0.39 is 11.8 Å². The summed E-state index contributed by atoms with van der Waals surface area (Å²) in [7, 11) is 0. The Morgan fingerprint density at radius 1 is 1.19 bits per heavy atom. The van der Waals surface area contributed by atoms with E-state index in [-0.39, 0.29) is 11.7 Å². The molecule has 136 valence electrons. The maximum absolute atomic E-state index is 11.7. The summed E-state index contributed by atoms with van der Waals surface area (Å²) in [4.78, 5) is 24.4. The van der Waals surface area contributed by atoms with Crippen LogP contribution >= 0.6 is 23.6 Å². The predicted octanol–water partition coefficient (Wildman–Crippen LogP) is 2.42. The van der Waals surface area contributed by atoms with Gasteiger partial charge in [0.15, 0.2) is 11.7 Å². The number of carbonyl (C=O) groups excluding carboxylic acids is 2. The zero-order chi connectivity index (χ0) is 18.8. The third-order valence-corrected chi connectivity index (χ3v) is 4.24. The lowest BCUT2D eigenvalue weighted by Gasteiger charge is -2.10. The van der Waals surface area contributed by atoms with Gasteiger partial charge in [-0.1, -0.05) is 25.1 Å². The first kappa shape index (κ1) is 19.6. The van der Waals surface area contributed by atoms with Crippen LogP contribution in [0.4, 0.5) is 0 Å². The Morgan fingerprint density at radius 3 is 2.62 bits per heavy atom. The van der Waals surface area contributed by atoms with Crippen LogP contribution in [0.1, 0.15) is 17.4 Å². The molecule has 26 heavy (non-hydrogen) atoms. The molecule has 6 nitrogen and oxygen atoms in total. The molecule has 0 fully saturated rings. The minimum atomic E-state index is -0.421. The summed E-state index contributed by atoms with van der Waals surface area (Å²) in [5.41, 5.74) is 6.00. The van der Waals surface area contributed by atoms with Gasteiger partial charge in [0.1, 0.15) is 5.75 Å². The Balaban J connectivity index is 1.66. The van der Waals surface area contributed by atoms with Crippen molar-refractivity contribution in [2.45, 2.75) is 13.3 Å². The van der Waals surface area contributed by atoms with E-state index in [9.17, 15) is 9.59 Å². The zero-order valence-corrected chi connectivity index (χ0v) is 15.8. The van der Waals surface area contributed by atoms with Crippen molar-refractivity contribution in [3.8, 4) is 5.75 Å². The minimum absolute atomic E-state index is 0.00789. The lowest BCUT2D eigenvalue weighted by atomic mass is 10.2. The third-order valence-electron chi connectivity index (χ3n) is 3.20. The van der Waals surface area contributed by atoms with Crippen LogP contribution in [0.3, 0.4) is 0 Å². The number of aryl methyl sites for hydroxylation is 1. The number of ether oxygens (including phenoxy) is 1. The number of nitrogens with one attached hydrogen (secondary N) is 3. The Morgan fingerprint density at radius 2 is 1.96 bits per heavy atom. The zero-order valence-electron chi connectivity index (χ0n) is 14.2. The molecular formula is C18H19N3O3S2. The smallest absolute Gasteiger partial charge is 0.276 e.